The molecule has 0 spiro atoms. The SMILES string of the molecule is CC1(C)C2CCC1(CS(=O)(=O)OCc1csc(CNc3cccc4c3C(=O)N(C3CCC(=O)NC3=O)C4=O)n1)C(=O)C2. The summed E-state index contributed by atoms with van der Waals surface area (Å²) in [5.41, 5.74) is -0.206. The zero-order valence-corrected chi connectivity index (χ0v) is 24.7. The lowest BCUT2D eigenvalue weighted by atomic mass is 9.70. The van der Waals surface area contributed by atoms with Crippen LogP contribution in [0.5, 0.6) is 0 Å². The molecule has 42 heavy (non-hydrogen) atoms. The molecule has 3 heterocycles. The molecule has 4 aliphatic rings. The maximum absolute atomic E-state index is 13.3. The minimum atomic E-state index is -3.99. The molecule has 1 aromatic carbocycles. The average Bonchev–Trinajstić information content (AvgIpc) is 3.60. The van der Waals surface area contributed by atoms with E-state index in [-0.39, 0.29) is 60.0 Å². The number of Topliss-reactive ketones (excluding diaryl/α,β-unsaturated/α-hetero) is 1. The van der Waals surface area contributed by atoms with Gasteiger partial charge in [-0.2, -0.15) is 8.42 Å². The van der Waals surface area contributed by atoms with Crippen LogP contribution in [0.15, 0.2) is 23.6 Å². The number of benzene rings is 1. The molecule has 2 aromatic rings. The number of rotatable bonds is 9. The summed E-state index contributed by atoms with van der Waals surface area (Å²) in [5, 5.41) is 7.56. The number of hydrogen-bond donors (Lipinski definition) is 2. The van der Waals surface area contributed by atoms with Gasteiger partial charge in [-0.25, -0.2) is 4.98 Å². The number of anilines is 1. The Balaban J connectivity index is 1.09. The Morgan fingerprint density at radius 3 is 2.62 bits per heavy atom. The predicted octanol–water partition coefficient (Wildman–Crippen LogP) is 2.40. The van der Waals surface area contributed by atoms with Gasteiger partial charge >= 0.3 is 0 Å². The number of imide groups is 2. The monoisotopic (exact) mass is 614 g/mol. The van der Waals surface area contributed by atoms with E-state index in [2.05, 4.69) is 15.6 Å². The first-order valence-electron chi connectivity index (χ1n) is 13.8. The van der Waals surface area contributed by atoms with E-state index in [0.717, 1.165) is 11.3 Å². The van der Waals surface area contributed by atoms with Crippen LogP contribution in [0.2, 0.25) is 0 Å². The van der Waals surface area contributed by atoms with E-state index in [9.17, 15) is 32.4 Å². The molecular weight excluding hydrogens is 584 g/mol. The Bertz CT molecular complexity index is 1650. The highest BCUT2D eigenvalue weighted by atomic mass is 32.2. The van der Waals surface area contributed by atoms with Crippen molar-refractivity contribution in [3.8, 4) is 0 Å². The van der Waals surface area contributed by atoms with Crippen molar-refractivity contribution in [1.82, 2.24) is 15.2 Å². The van der Waals surface area contributed by atoms with Crippen molar-refractivity contribution >= 4 is 56.6 Å². The first-order chi connectivity index (χ1) is 19.8. The Kier molecular flexibility index (Phi) is 6.85. The quantitative estimate of drug-likeness (QED) is 0.316. The zero-order valence-electron chi connectivity index (χ0n) is 23.1. The second kappa shape index (κ2) is 10.1. The summed E-state index contributed by atoms with van der Waals surface area (Å²) in [7, 11) is -3.99. The van der Waals surface area contributed by atoms with Crippen molar-refractivity contribution in [1.29, 1.82) is 0 Å². The van der Waals surface area contributed by atoms with Crippen LogP contribution in [0, 0.1) is 16.7 Å². The number of piperidine rings is 1. The van der Waals surface area contributed by atoms with Crippen molar-refractivity contribution in [2.45, 2.75) is 65.1 Å². The van der Waals surface area contributed by atoms with E-state index in [4.69, 9.17) is 4.18 Å². The normalized spacial score (nSPS) is 26.6. The second-order valence-corrected chi connectivity index (χ2v) is 14.5. The van der Waals surface area contributed by atoms with Gasteiger partial charge in [-0.3, -0.25) is 38.4 Å². The fourth-order valence-corrected chi connectivity index (χ4v) is 9.31. The number of aromatic nitrogens is 1. The van der Waals surface area contributed by atoms with E-state index in [1.165, 1.54) is 17.4 Å². The van der Waals surface area contributed by atoms with Crippen molar-refractivity contribution in [3.63, 3.8) is 0 Å². The number of amides is 4. The molecule has 2 saturated carbocycles. The standard InChI is InChI=1S/C28H30N4O8S2/c1-27(2)15-8-9-28(27,20(33)10-15)14-42(38,39)40-12-16-13-41-22(30-16)11-29-18-5-3-4-17-23(18)26(37)32(25(17)36)19-6-7-21(34)31-24(19)35/h3-5,13,15,19,29H,6-12,14H2,1-2H3,(H,31,34,35). The van der Waals surface area contributed by atoms with Crippen LogP contribution < -0.4 is 10.6 Å². The van der Waals surface area contributed by atoms with Crippen molar-refractivity contribution < 1.29 is 36.6 Å². The smallest absolute Gasteiger partial charge is 0.268 e. The Morgan fingerprint density at radius 2 is 1.93 bits per heavy atom. The van der Waals surface area contributed by atoms with Gasteiger partial charge in [0.15, 0.2) is 0 Å². The molecule has 14 heteroatoms. The summed E-state index contributed by atoms with van der Waals surface area (Å²) < 4.78 is 31.2. The number of nitrogens with zero attached hydrogens (tertiary/aromatic N) is 2. The van der Waals surface area contributed by atoms with Crippen molar-refractivity contribution in [2.75, 3.05) is 11.1 Å². The Hall–Kier alpha value is -3.49. The van der Waals surface area contributed by atoms with E-state index in [1.807, 2.05) is 13.8 Å². The number of carbonyl (C=O) groups is 5. The lowest BCUT2D eigenvalue weighted by molar-refractivity contribution is -0.136. The van der Waals surface area contributed by atoms with E-state index in [0.29, 0.717) is 29.2 Å². The van der Waals surface area contributed by atoms with Gasteiger partial charge in [-0.05, 0) is 42.7 Å². The number of nitrogens with one attached hydrogen (secondary N) is 2. The highest BCUT2D eigenvalue weighted by molar-refractivity contribution is 7.86. The number of hydrogen-bond acceptors (Lipinski definition) is 11. The third-order valence-corrected chi connectivity index (χ3v) is 11.7. The van der Waals surface area contributed by atoms with Gasteiger partial charge in [0.25, 0.3) is 21.9 Å². The van der Waals surface area contributed by atoms with Crippen LogP contribution in [-0.4, -0.2) is 59.5 Å². The first kappa shape index (κ1) is 28.6. The predicted molar refractivity (Wildman–Crippen MR) is 150 cm³/mol. The van der Waals surface area contributed by atoms with Gasteiger partial charge < -0.3 is 5.32 Å². The third kappa shape index (κ3) is 4.56. The minimum absolute atomic E-state index is 0.00533. The topological polar surface area (TPSA) is 169 Å². The fourth-order valence-electron chi connectivity index (χ4n) is 6.93. The largest absolute Gasteiger partial charge is 0.378 e. The molecule has 1 aromatic heterocycles. The highest BCUT2D eigenvalue weighted by Gasteiger charge is 2.65. The van der Waals surface area contributed by atoms with Gasteiger partial charge in [0.05, 0.1) is 34.5 Å². The summed E-state index contributed by atoms with van der Waals surface area (Å²) in [5.74, 6) is -2.47. The lowest BCUT2D eigenvalue weighted by Gasteiger charge is -2.35. The average molecular weight is 615 g/mol. The number of ketones is 1. The maximum atomic E-state index is 13.3. The second-order valence-electron chi connectivity index (χ2n) is 11.9. The van der Waals surface area contributed by atoms with Gasteiger partial charge in [0.1, 0.15) is 23.4 Å². The van der Waals surface area contributed by atoms with Gasteiger partial charge in [-0.1, -0.05) is 19.9 Å². The van der Waals surface area contributed by atoms with Crippen molar-refractivity contribution in [3.05, 3.63) is 45.4 Å². The molecule has 3 fully saturated rings. The van der Waals surface area contributed by atoms with Crippen LogP contribution in [0.4, 0.5) is 5.69 Å². The molecule has 3 unspecified atom stereocenters. The molecule has 0 radical (unpaired) electrons. The number of carbonyl (C=O) groups excluding carboxylic acids is 5. The molecule has 1 saturated heterocycles. The lowest BCUT2D eigenvalue weighted by Crippen LogP contribution is -2.54. The van der Waals surface area contributed by atoms with E-state index >= 15 is 0 Å². The van der Waals surface area contributed by atoms with E-state index in [1.54, 1.807) is 17.5 Å². The number of thiazole rings is 1. The highest BCUT2D eigenvalue weighted by Crippen LogP contribution is 2.64. The third-order valence-electron chi connectivity index (χ3n) is 9.45. The Morgan fingerprint density at radius 1 is 1.14 bits per heavy atom. The zero-order chi connectivity index (χ0) is 30.0. The Labute approximate surface area is 246 Å². The minimum Gasteiger partial charge on any atom is -0.378 e. The summed E-state index contributed by atoms with van der Waals surface area (Å²) in [6.07, 6.45) is 1.92. The molecule has 6 rings (SSSR count). The summed E-state index contributed by atoms with van der Waals surface area (Å²) in [4.78, 5) is 68.3. The van der Waals surface area contributed by atoms with Gasteiger partial charge in [0, 0.05) is 23.9 Å². The maximum Gasteiger partial charge on any atom is 0.268 e. The van der Waals surface area contributed by atoms with Crippen LogP contribution in [-0.2, 0) is 41.8 Å². The molecule has 2 bridgehead atoms. The van der Waals surface area contributed by atoms with Gasteiger partial charge in [-0.15, -0.1) is 11.3 Å². The molecule has 2 N–H and O–H groups in total. The molecule has 4 amide bonds. The molecule has 2 aliphatic heterocycles. The van der Waals surface area contributed by atoms with Crippen LogP contribution in [0.25, 0.3) is 0 Å². The summed E-state index contributed by atoms with van der Waals surface area (Å²) in [6, 6.07) is 3.71. The molecule has 2 aliphatic carbocycles. The van der Waals surface area contributed by atoms with E-state index < -0.39 is 45.2 Å². The summed E-state index contributed by atoms with van der Waals surface area (Å²) >= 11 is 1.27. The fraction of sp³-hybridized carbons (Fsp3) is 0.500. The van der Waals surface area contributed by atoms with Crippen LogP contribution >= 0.6 is 11.3 Å². The molecule has 3 atom stereocenters. The first-order valence-corrected chi connectivity index (χ1v) is 16.2. The van der Waals surface area contributed by atoms with Crippen LogP contribution in [0.1, 0.15) is 77.4 Å². The molecule has 12 nitrogen and oxygen atoms in total. The van der Waals surface area contributed by atoms with Crippen molar-refractivity contribution in [2.24, 2.45) is 16.7 Å². The summed E-state index contributed by atoms with van der Waals surface area (Å²) in [6.45, 7) is 3.87. The van der Waals surface area contributed by atoms with Crippen LogP contribution in [0.3, 0.4) is 0 Å². The molecule has 222 valence electrons. The number of fused-ring (bicyclic) bond motifs is 3. The van der Waals surface area contributed by atoms with Gasteiger partial charge in [0.2, 0.25) is 11.8 Å². The molecular formula is C28H30N4O8S2.